The van der Waals surface area contributed by atoms with Crippen molar-refractivity contribution in [3.8, 4) is 0 Å². The van der Waals surface area contributed by atoms with Crippen molar-refractivity contribution in [2.24, 2.45) is 12.8 Å². The lowest BCUT2D eigenvalue weighted by Gasteiger charge is -2.21. The molecule has 0 aromatic carbocycles. The van der Waals surface area contributed by atoms with Crippen molar-refractivity contribution in [1.29, 1.82) is 0 Å². The molecule has 0 atom stereocenters. The van der Waals surface area contributed by atoms with Gasteiger partial charge in [0.15, 0.2) is 0 Å². The molecule has 6 nitrogen and oxygen atoms in total. The molecule has 0 aliphatic carbocycles. The predicted octanol–water partition coefficient (Wildman–Crippen LogP) is 0.452. The SMILES string of the molecule is Cn1cc(CN2CCCN(CCCCCN)CC2)nn1. The summed E-state index contributed by atoms with van der Waals surface area (Å²) in [7, 11) is 1.92. The zero-order chi connectivity index (χ0) is 14.2. The molecule has 6 heteroatoms. The van der Waals surface area contributed by atoms with Gasteiger partial charge in [0, 0.05) is 32.9 Å². The molecule has 2 rings (SSSR count). The summed E-state index contributed by atoms with van der Waals surface area (Å²) in [6.45, 7) is 7.66. The van der Waals surface area contributed by atoms with E-state index in [4.69, 9.17) is 5.73 Å². The molecule has 2 N–H and O–H groups in total. The van der Waals surface area contributed by atoms with E-state index in [1.165, 1.54) is 38.9 Å². The van der Waals surface area contributed by atoms with Crippen LogP contribution in [0.3, 0.4) is 0 Å². The molecule has 1 fully saturated rings. The van der Waals surface area contributed by atoms with Gasteiger partial charge in [0.25, 0.3) is 0 Å². The van der Waals surface area contributed by atoms with Crippen LogP contribution in [0.2, 0.25) is 0 Å². The smallest absolute Gasteiger partial charge is 0.0967 e. The first-order valence-electron chi connectivity index (χ1n) is 7.78. The molecule has 1 aliphatic rings. The molecule has 0 bridgehead atoms. The van der Waals surface area contributed by atoms with Gasteiger partial charge in [-0.15, -0.1) is 5.10 Å². The molecular formula is C14H28N6. The number of aryl methyl sites for hydroxylation is 1. The van der Waals surface area contributed by atoms with Gasteiger partial charge in [0.2, 0.25) is 0 Å². The Hall–Kier alpha value is -0.980. The van der Waals surface area contributed by atoms with Gasteiger partial charge in [-0.25, -0.2) is 0 Å². The lowest BCUT2D eigenvalue weighted by atomic mass is 10.2. The molecule has 0 amide bonds. The van der Waals surface area contributed by atoms with E-state index in [1.807, 2.05) is 13.2 Å². The summed E-state index contributed by atoms with van der Waals surface area (Å²) in [4.78, 5) is 5.08. The minimum absolute atomic E-state index is 0.825. The first-order chi connectivity index (χ1) is 9.78. The summed E-state index contributed by atoms with van der Waals surface area (Å²) in [5.41, 5.74) is 6.61. The predicted molar refractivity (Wildman–Crippen MR) is 80.2 cm³/mol. The zero-order valence-corrected chi connectivity index (χ0v) is 12.7. The van der Waals surface area contributed by atoms with E-state index in [0.29, 0.717) is 0 Å². The Bertz CT molecular complexity index is 377. The molecule has 1 aromatic rings. The van der Waals surface area contributed by atoms with Crippen molar-refractivity contribution >= 4 is 0 Å². The van der Waals surface area contributed by atoms with E-state index in [2.05, 4.69) is 20.1 Å². The number of hydrogen-bond acceptors (Lipinski definition) is 5. The second-order valence-electron chi connectivity index (χ2n) is 5.70. The molecule has 20 heavy (non-hydrogen) atoms. The Morgan fingerprint density at radius 1 is 1.10 bits per heavy atom. The third kappa shape index (κ3) is 5.19. The fourth-order valence-electron chi connectivity index (χ4n) is 2.76. The number of hydrogen-bond donors (Lipinski definition) is 1. The van der Waals surface area contributed by atoms with Crippen molar-refractivity contribution < 1.29 is 0 Å². The van der Waals surface area contributed by atoms with E-state index in [1.54, 1.807) is 4.68 Å². The standard InChI is InChI=1S/C14H28N6/c1-18-12-14(16-17-18)13-20-9-5-8-19(10-11-20)7-4-2-3-6-15/h12H,2-11,13,15H2,1H3. The van der Waals surface area contributed by atoms with Gasteiger partial charge in [0.05, 0.1) is 5.69 Å². The quantitative estimate of drug-likeness (QED) is 0.735. The van der Waals surface area contributed by atoms with Crippen LogP contribution < -0.4 is 5.73 Å². The van der Waals surface area contributed by atoms with Gasteiger partial charge in [-0.3, -0.25) is 9.58 Å². The van der Waals surface area contributed by atoms with Gasteiger partial charge in [-0.1, -0.05) is 11.6 Å². The van der Waals surface area contributed by atoms with E-state index < -0.39 is 0 Å². The molecule has 0 saturated carbocycles. The first kappa shape index (κ1) is 15.4. The van der Waals surface area contributed by atoms with Crippen molar-refractivity contribution in [3.05, 3.63) is 11.9 Å². The Morgan fingerprint density at radius 3 is 2.65 bits per heavy atom. The van der Waals surface area contributed by atoms with Crippen LogP contribution in [-0.4, -0.2) is 64.1 Å². The van der Waals surface area contributed by atoms with Crippen LogP contribution in [0.4, 0.5) is 0 Å². The summed E-state index contributed by atoms with van der Waals surface area (Å²) in [6, 6.07) is 0. The van der Waals surface area contributed by atoms with Gasteiger partial charge >= 0.3 is 0 Å². The fraction of sp³-hybridized carbons (Fsp3) is 0.857. The van der Waals surface area contributed by atoms with E-state index in [9.17, 15) is 0 Å². The number of rotatable bonds is 7. The van der Waals surface area contributed by atoms with E-state index >= 15 is 0 Å². The van der Waals surface area contributed by atoms with Crippen molar-refractivity contribution in [1.82, 2.24) is 24.8 Å². The van der Waals surface area contributed by atoms with Crippen LogP contribution in [0, 0.1) is 0 Å². The first-order valence-corrected chi connectivity index (χ1v) is 7.78. The Kier molecular flexibility index (Phi) is 6.42. The highest BCUT2D eigenvalue weighted by atomic mass is 15.4. The summed E-state index contributed by atoms with van der Waals surface area (Å²) in [5, 5.41) is 8.17. The third-order valence-electron chi connectivity index (χ3n) is 3.90. The largest absolute Gasteiger partial charge is 0.330 e. The molecule has 1 aliphatic heterocycles. The molecule has 1 saturated heterocycles. The molecule has 0 unspecified atom stereocenters. The van der Waals surface area contributed by atoms with Crippen molar-refractivity contribution in [2.75, 3.05) is 39.3 Å². The monoisotopic (exact) mass is 280 g/mol. The lowest BCUT2D eigenvalue weighted by Crippen LogP contribution is -2.31. The van der Waals surface area contributed by atoms with Crippen molar-refractivity contribution in [2.45, 2.75) is 32.2 Å². The van der Waals surface area contributed by atoms with Gasteiger partial charge in [-0.2, -0.15) is 0 Å². The van der Waals surface area contributed by atoms with Crippen molar-refractivity contribution in [3.63, 3.8) is 0 Å². The Morgan fingerprint density at radius 2 is 1.90 bits per heavy atom. The second-order valence-corrected chi connectivity index (χ2v) is 5.70. The topological polar surface area (TPSA) is 63.2 Å². The van der Waals surface area contributed by atoms with Crippen LogP contribution in [0.25, 0.3) is 0 Å². The third-order valence-corrected chi connectivity index (χ3v) is 3.90. The van der Waals surface area contributed by atoms with Crippen LogP contribution in [0.15, 0.2) is 6.20 Å². The summed E-state index contributed by atoms with van der Waals surface area (Å²) < 4.78 is 1.77. The normalized spacial score (nSPS) is 18.3. The number of nitrogens with two attached hydrogens (primary N) is 1. The average Bonchev–Trinajstić information content (AvgIpc) is 2.71. The second kappa shape index (κ2) is 8.34. The maximum Gasteiger partial charge on any atom is 0.0967 e. The molecule has 0 spiro atoms. The highest BCUT2D eigenvalue weighted by Crippen LogP contribution is 2.08. The summed E-state index contributed by atoms with van der Waals surface area (Å²) in [5.74, 6) is 0. The number of nitrogens with zero attached hydrogens (tertiary/aromatic N) is 5. The van der Waals surface area contributed by atoms with Crippen LogP contribution >= 0.6 is 0 Å². The minimum atomic E-state index is 0.825. The van der Waals surface area contributed by atoms with Gasteiger partial charge in [0.1, 0.15) is 0 Å². The van der Waals surface area contributed by atoms with E-state index in [0.717, 1.165) is 38.3 Å². The molecule has 1 aromatic heterocycles. The Labute approximate surface area is 121 Å². The van der Waals surface area contributed by atoms with E-state index in [-0.39, 0.29) is 0 Å². The molecule has 2 heterocycles. The van der Waals surface area contributed by atoms with Crippen LogP contribution in [-0.2, 0) is 13.6 Å². The molecule has 0 radical (unpaired) electrons. The summed E-state index contributed by atoms with van der Waals surface area (Å²) in [6.07, 6.45) is 6.96. The van der Waals surface area contributed by atoms with Gasteiger partial charge < -0.3 is 10.6 Å². The highest BCUT2D eigenvalue weighted by molar-refractivity contribution is 4.92. The minimum Gasteiger partial charge on any atom is -0.330 e. The number of aromatic nitrogens is 3. The highest BCUT2D eigenvalue weighted by Gasteiger charge is 2.15. The zero-order valence-electron chi connectivity index (χ0n) is 12.7. The lowest BCUT2D eigenvalue weighted by molar-refractivity contribution is 0.247. The Balaban J connectivity index is 1.69. The maximum absolute atomic E-state index is 5.53. The fourth-order valence-corrected chi connectivity index (χ4v) is 2.76. The molecular weight excluding hydrogens is 252 g/mol. The summed E-state index contributed by atoms with van der Waals surface area (Å²) >= 11 is 0. The van der Waals surface area contributed by atoms with Crippen LogP contribution in [0.5, 0.6) is 0 Å². The van der Waals surface area contributed by atoms with Crippen LogP contribution in [0.1, 0.15) is 31.4 Å². The maximum atomic E-state index is 5.53. The molecule has 114 valence electrons. The van der Waals surface area contributed by atoms with Gasteiger partial charge in [-0.05, 0) is 45.4 Å². The number of unbranched alkanes of at least 4 members (excludes halogenated alkanes) is 2. The average molecular weight is 280 g/mol.